The first-order valence-corrected chi connectivity index (χ1v) is 6.53. The quantitative estimate of drug-likeness (QED) is 0.215. The average molecular weight is 318 g/mol. The fourth-order valence-corrected chi connectivity index (χ4v) is 1.84. The van der Waals surface area contributed by atoms with Crippen molar-refractivity contribution in [2.45, 2.75) is 6.92 Å². The molecule has 120 valence electrons. The van der Waals surface area contributed by atoms with E-state index >= 15 is 0 Å². The molecule has 0 amide bonds. The highest BCUT2D eigenvalue weighted by molar-refractivity contribution is 5.85. The number of carboxylic acid groups (broad SMARTS) is 1. The Morgan fingerprint density at radius 1 is 1.30 bits per heavy atom. The summed E-state index contributed by atoms with van der Waals surface area (Å²) in [5.41, 5.74) is 8.77. The fraction of sp³-hybridized carbons (Fsp3) is 0.0667. The number of benzene rings is 1. The summed E-state index contributed by atoms with van der Waals surface area (Å²) in [5, 5.41) is 8.80. The Kier molecular flexibility index (Phi) is 4.77. The van der Waals surface area contributed by atoms with E-state index in [2.05, 4.69) is 10.4 Å². The lowest BCUT2D eigenvalue weighted by molar-refractivity contribution is -0.132. The van der Waals surface area contributed by atoms with Crippen LogP contribution >= 0.6 is 0 Å². The van der Waals surface area contributed by atoms with Gasteiger partial charge in [-0.1, -0.05) is 0 Å². The van der Waals surface area contributed by atoms with E-state index in [1.807, 2.05) is 0 Å². The summed E-state index contributed by atoms with van der Waals surface area (Å²) < 4.78 is 18.6. The number of nitrogens with two attached hydrogens (primary N) is 2. The number of nitrogens with zero attached hydrogens (tertiary/aromatic N) is 1. The van der Waals surface area contributed by atoms with Gasteiger partial charge in [-0.05, 0) is 48.9 Å². The van der Waals surface area contributed by atoms with Crippen molar-refractivity contribution in [3.63, 3.8) is 0 Å². The molecule has 0 fully saturated rings. The van der Waals surface area contributed by atoms with Crippen LogP contribution in [0.5, 0.6) is 5.75 Å². The van der Waals surface area contributed by atoms with Gasteiger partial charge in [0.15, 0.2) is 5.70 Å². The minimum Gasteiger partial charge on any atom is -0.476 e. The van der Waals surface area contributed by atoms with Gasteiger partial charge in [0.05, 0.1) is 5.69 Å². The van der Waals surface area contributed by atoms with Gasteiger partial charge in [0.1, 0.15) is 5.75 Å². The first-order chi connectivity index (χ1) is 10.9. The number of aliphatic carboxylic acids is 1. The number of hydrogen-bond donors (Lipinski definition) is 4. The van der Waals surface area contributed by atoms with Crippen LogP contribution < -0.4 is 21.7 Å². The van der Waals surface area contributed by atoms with Crippen LogP contribution in [-0.2, 0) is 4.79 Å². The summed E-state index contributed by atoms with van der Waals surface area (Å²) in [6, 6.07) is 9.50. The van der Waals surface area contributed by atoms with Gasteiger partial charge in [-0.25, -0.2) is 15.6 Å². The number of halogens is 1. The number of ether oxygens (including phenoxy) is 1. The van der Waals surface area contributed by atoms with E-state index in [0.717, 1.165) is 5.56 Å². The molecule has 8 heteroatoms. The van der Waals surface area contributed by atoms with Crippen molar-refractivity contribution in [2.75, 3.05) is 0 Å². The maximum atomic E-state index is 13.3. The Morgan fingerprint density at radius 2 is 1.96 bits per heavy atom. The zero-order valence-electron chi connectivity index (χ0n) is 12.2. The molecule has 0 atom stereocenters. The number of aromatic nitrogens is 1. The Bertz CT molecular complexity index is 740. The predicted molar refractivity (Wildman–Crippen MR) is 81.2 cm³/mol. The van der Waals surface area contributed by atoms with E-state index in [1.165, 1.54) is 6.07 Å². The number of hydrazine groups is 1. The molecule has 1 heterocycles. The molecule has 23 heavy (non-hydrogen) atoms. The van der Waals surface area contributed by atoms with E-state index in [-0.39, 0.29) is 5.88 Å². The predicted octanol–water partition coefficient (Wildman–Crippen LogP) is 1.25. The van der Waals surface area contributed by atoms with Crippen molar-refractivity contribution < 1.29 is 19.0 Å². The van der Waals surface area contributed by atoms with Crippen molar-refractivity contribution in [1.82, 2.24) is 10.4 Å². The second-order valence-corrected chi connectivity index (χ2v) is 4.67. The van der Waals surface area contributed by atoms with E-state index in [0.29, 0.717) is 17.0 Å². The Balaban J connectivity index is 2.26. The van der Waals surface area contributed by atoms with Crippen LogP contribution in [0.2, 0.25) is 0 Å². The molecule has 1 aromatic carbocycles. The SMILES string of the molecule is Cc1cc(F)nc(-c2ccc(O/C(NN)=C(/N)C(=O)O)cc2)c1. The zero-order valence-corrected chi connectivity index (χ0v) is 12.2. The number of aryl methyl sites for hydroxylation is 1. The molecule has 0 bridgehead atoms. The van der Waals surface area contributed by atoms with Gasteiger partial charge in [-0.15, -0.1) is 0 Å². The summed E-state index contributed by atoms with van der Waals surface area (Å²) in [7, 11) is 0. The summed E-state index contributed by atoms with van der Waals surface area (Å²) in [6.07, 6.45) is 0. The lowest BCUT2D eigenvalue weighted by Gasteiger charge is -2.11. The molecule has 0 aliphatic heterocycles. The van der Waals surface area contributed by atoms with Crippen LogP contribution in [0, 0.1) is 12.9 Å². The number of hydrogen-bond acceptors (Lipinski definition) is 6. The summed E-state index contributed by atoms with van der Waals surface area (Å²) in [4.78, 5) is 14.6. The Hall–Kier alpha value is -3.13. The van der Waals surface area contributed by atoms with Gasteiger partial charge in [-0.3, -0.25) is 5.43 Å². The van der Waals surface area contributed by atoms with Crippen molar-refractivity contribution in [3.05, 3.63) is 59.5 Å². The van der Waals surface area contributed by atoms with Gasteiger partial charge < -0.3 is 15.6 Å². The largest absolute Gasteiger partial charge is 0.476 e. The Labute approximate surface area is 131 Å². The van der Waals surface area contributed by atoms with Gasteiger partial charge >= 0.3 is 5.97 Å². The molecule has 0 radical (unpaired) electrons. The summed E-state index contributed by atoms with van der Waals surface area (Å²) in [5.74, 6) is 3.27. The minimum absolute atomic E-state index is 0.287. The normalized spacial score (nSPS) is 11.6. The third-order valence-electron chi connectivity index (χ3n) is 2.91. The highest BCUT2D eigenvalue weighted by atomic mass is 19.1. The van der Waals surface area contributed by atoms with Gasteiger partial charge in [-0.2, -0.15) is 4.39 Å². The molecule has 0 aliphatic rings. The second-order valence-electron chi connectivity index (χ2n) is 4.67. The van der Waals surface area contributed by atoms with Crippen LogP contribution in [0.25, 0.3) is 11.3 Å². The van der Waals surface area contributed by atoms with Crippen LogP contribution in [-0.4, -0.2) is 16.1 Å². The number of carbonyl (C=O) groups is 1. The highest BCUT2D eigenvalue weighted by Gasteiger charge is 2.12. The van der Waals surface area contributed by atoms with E-state index in [1.54, 1.807) is 37.3 Å². The van der Waals surface area contributed by atoms with Crippen LogP contribution in [0.1, 0.15) is 5.56 Å². The first-order valence-electron chi connectivity index (χ1n) is 6.53. The molecule has 0 saturated carbocycles. The average Bonchev–Trinajstić information content (AvgIpc) is 2.51. The van der Waals surface area contributed by atoms with Crippen molar-refractivity contribution in [1.29, 1.82) is 0 Å². The van der Waals surface area contributed by atoms with Crippen molar-refractivity contribution in [3.8, 4) is 17.0 Å². The lowest BCUT2D eigenvalue weighted by atomic mass is 10.1. The molecule has 0 aliphatic carbocycles. The molecule has 2 rings (SSSR count). The summed E-state index contributed by atoms with van der Waals surface area (Å²) in [6.45, 7) is 1.77. The van der Waals surface area contributed by atoms with E-state index in [4.69, 9.17) is 21.4 Å². The molecule has 7 nitrogen and oxygen atoms in total. The molecule has 0 unspecified atom stereocenters. The summed E-state index contributed by atoms with van der Waals surface area (Å²) >= 11 is 0. The number of rotatable bonds is 5. The highest BCUT2D eigenvalue weighted by Crippen LogP contribution is 2.23. The van der Waals surface area contributed by atoms with Gasteiger partial charge in [0.25, 0.3) is 0 Å². The molecular weight excluding hydrogens is 303 g/mol. The van der Waals surface area contributed by atoms with Crippen molar-refractivity contribution >= 4 is 5.97 Å². The second kappa shape index (κ2) is 6.75. The van der Waals surface area contributed by atoms with Crippen LogP contribution in [0.4, 0.5) is 4.39 Å². The van der Waals surface area contributed by atoms with Gasteiger partial charge in [0, 0.05) is 5.56 Å². The Morgan fingerprint density at radius 3 is 2.48 bits per heavy atom. The number of pyridine rings is 1. The molecular formula is C15H15FN4O3. The lowest BCUT2D eigenvalue weighted by Crippen LogP contribution is -2.31. The van der Waals surface area contributed by atoms with Gasteiger partial charge in [0.2, 0.25) is 11.8 Å². The maximum absolute atomic E-state index is 13.3. The molecule has 6 N–H and O–H groups in total. The minimum atomic E-state index is -1.37. The van der Waals surface area contributed by atoms with E-state index in [9.17, 15) is 9.18 Å². The van der Waals surface area contributed by atoms with Crippen molar-refractivity contribution in [2.24, 2.45) is 11.6 Å². The third-order valence-corrected chi connectivity index (χ3v) is 2.91. The van der Waals surface area contributed by atoms with Crippen LogP contribution in [0.3, 0.4) is 0 Å². The smallest absolute Gasteiger partial charge is 0.357 e. The molecule has 0 saturated heterocycles. The monoisotopic (exact) mass is 318 g/mol. The molecule has 0 spiro atoms. The van der Waals surface area contributed by atoms with E-state index < -0.39 is 17.6 Å². The zero-order chi connectivity index (χ0) is 17.0. The molecule has 2 aromatic rings. The maximum Gasteiger partial charge on any atom is 0.357 e. The topological polar surface area (TPSA) is 123 Å². The fourth-order valence-electron chi connectivity index (χ4n) is 1.84. The standard InChI is InChI=1S/C15H15FN4O3/c1-8-6-11(19-12(16)7-8)9-2-4-10(5-3-9)23-14(20-18)13(17)15(21)22/h2-7,20H,17-18H2,1H3,(H,21,22)/b14-13+. The number of carboxylic acids is 1. The van der Waals surface area contributed by atoms with Crippen LogP contribution in [0.15, 0.2) is 48.0 Å². The first kappa shape index (κ1) is 16.2. The third kappa shape index (κ3) is 3.95. The molecule has 1 aromatic heterocycles. The number of nitrogens with one attached hydrogen (secondary N) is 1.